The highest BCUT2D eigenvalue weighted by Gasteiger charge is 2.40. The van der Waals surface area contributed by atoms with Crippen LogP contribution in [-0.2, 0) is 9.53 Å². The molecule has 0 aromatic heterocycles. The van der Waals surface area contributed by atoms with Gasteiger partial charge in [-0.25, -0.2) is 5.01 Å². The van der Waals surface area contributed by atoms with Crippen LogP contribution in [0.1, 0.15) is 18.7 Å². The molecule has 0 amide bonds. The lowest BCUT2D eigenvalue weighted by molar-refractivity contribution is -0.111. The Morgan fingerprint density at radius 2 is 1.61 bits per heavy atom. The van der Waals surface area contributed by atoms with Crippen LogP contribution in [0.5, 0.6) is 11.5 Å². The molecule has 38 heavy (non-hydrogen) atoms. The fourth-order valence-corrected chi connectivity index (χ4v) is 5.16. The smallest absolute Gasteiger partial charge is 0.198 e. The normalized spacial score (nSPS) is 17.4. The highest BCUT2D eigenvalue weighted by Crippen LogP contribution is 2.43. The lowest BCUT2D eigenvalue weighted by atomic mass is 10.1. The fraction of sp³-hybridized carbons (Fsp3) is 0.286. The number of rotatable bonds is 7. The highest BCUT2D eigenvalue weighted by molar-refractivity contribution is 6.44. The maximum atomic E-state index is 12.9. The first-order chi connectivity index (χ1) is 18.4. The first kappa shape index (κ1) is 26.2. The molecule has 1 atom stereocenters. The molecule has 3 aromatic carbocycles. The first-order valence-corrected chi connectivity index (χ1v) is 12.9. The van der Waals surface area contributed by atoms with Gasteiger partial charge in [-0.15, -0.1) is 5.10 Å². The molecule has 198 valence electrons. The second-order valence-corrected chi connectivity index (χ2v) is 9.74. The largest absolute Gasteiger partial charge is 0.493 e. The maximum Gasteiger partial charge on any atom is 0.198 e. The second kappa shape index (κ2) is 11.1. The molecule has 0 spiro atoms. The number of nitrogens with zero attached hydrogens (tertiary/aromatic N) is 4. The van der Waals surface area contributed by atoms with Gasteiger partial charge in [-0.1, -0.05) is 29.3 Å². The van der Waals surface area contributed by atoms with Crippen molar-refractivity contribution in [1.29, 1.82) is 0 Å². The Hall–Kier alpha value is -3.46. The minimum absolute atomic E-state index is 0.180. The van der Waals surface area contributed by atoms with Gasteiger partial charge in [0.25, 0.3) is 0 Å². The van der Waals surface area contributed by atoms with Crippen molar-refractivity contribution in [3.63, 3.8) is 0 Å². The van der Waals surface area contributed by atoms with Gasteiger partial charge in [-0.2, -0.15) is 0 Å². The molecule has 1 fully saturated rings. The lowest BCUT2D eigenvalue weighted by Crippen LogP contribution is -2.38. The third-order valence-electron chi connectivity index (χ3n) is 6.58. The van der Waals surface area contributed by atoms with Crippen LogP contribution < -0.4 is 24.3 Å². The number of hydrazone groups is 1. The topological polar surface area (TPSA) is 66.8 Å². The summed E-state index contributed by atoms with van der Waals surface area (Å²) in [4.78, 5) is 17.0. The van der Waals surface area contributed by atoms with Crippen molar-refractivity contribution in [3.8, 4) is 11.5 Å². The number of amidine groups is 1. The predicted octanol–water partition coefficient (Wildman–Crippen LogP) is 5.78. The molecule has 0 saturated carbocycles. The Morgan fingerprint density at radius 3 is 2.24 bits per heavy atom. The Morgan fingerprint density at radius 1 is 0.921 bits per heavy atom. The van der Waals surface area contributed by atoms with E-state index in [4.69, 9.17) is 42.5 Å². The van der Waals surface area contributed by atoms with Gasteiger partial charge in [0.1, 0.15) is 0 Å². The van der Waals surface area contributed by atoms with Crippen LogP contribution in [0.4, 0.5) is 17.1 Å². The van der Waals surface area contributed by atoms with Gasteiger partial charge >= 0.3 is 0 Å². The van der Waals surface area contributed by atoms with Crippen molar-refractivity contribution < 1.29 is 19.0 Å². The van der Waals surface area contributed by atoms with Crippen molar-refractivity contribution >= 4 is 51.9 Å². The number of halogens is 2. The molecule has 0 N–H and O–H groups in total. The molecular weight excluding hydrogens is 527 g/mol. The van der Waals surface area contributed by atoms with E-state index in [1.807, 2.05) is 53.4 Å². The Bertz CT molecular complexity index is 1360. The summed E-state index contributed by atoms with van der Waals surface area (Å²) < 4.78 is 16.5. The summed E-state index contributed by atoms with van der Waals surface area (Å²) in [5.41, 5.74) is 3.27. The third kappa shape index (κ3) is 4.99. The maximum absolute atomic E-state index is 12.9. The summed E-state index contributed by atoms with van der Waals surface area (Å²) in [7, 11) is 3.18. The number of methoxy groups -OCH3 is 2. The molecule has 2 heterocycles. The van der Waals surface area contributed by atoms with E-state index >= 15 is 0 Å². The molecule has 0 aliphatic carbocycles. The first-order valence-electron chi connectivity index (χ1n) is 12.2. The monoisotopic (exact) mass is 554 g/mol. The molecular formula is C28H28Cl2N4O4. The van der Waals surface area contributed by atoms with Gasteiger partial charge in [-0.05, 0) is 54.6 Å². The molecule has 3 aromatic rings. The number of hydrogen-bond acceptors (Lipinski definition) is 8. The van der Waals surface area contributed by atoms with Gasteiger partial charge in [0, 0.05) is 36.3 Å². The molecule has 8 nitrogen and oxygen atoms in total. The molecule has 10 heteroatoms. The van der Waals surface area contributed by atoms with Crippen LogP contribution in [0.3, 0.4) is 0 Å². The average molecular weight is 555 g/mol. The molecule has 5 rings (SSSR count). The predicted molar refractivity (Wildman–Crippen MR) is 151 cm³/mol. The Balaban J connectivity index is 1.63. The summed E-state index contributed by atoms with van der Waals surface area (Å²) in [6, 6.07) is 18.8. The Kier molecular flexibility index (Phi) is 7.65. The number of anilines is 3. The minimum atomic E-state index is -0.514. The molecule has 2 aliphatic rings. The second-order valence-electron chi connectivity index (χ2n) is 8.89. The van der Waals surface area contributed by atoms with Gasteiger partial charge < -0.3 is 19.1 Å². The number of benzene rings is 3. The van der Waals surface area contributed by atoms with Gasteiger partial charge in [-0.3, -0.25) is 9.69 Å². The number of hydrogen-bond donors (Lipinski definition) is 0. The molecule has 2 aliphatic heterocycles. The van der Waals surface area contributed by atoms with E-state index in [0.29, 0.717) is 34.8 Å². The van der Waals surface area contributed by atoms with E-state index in [1.54, 1.807) is 31.4 Å². The molecule has 1 saturated heterocycles. The van der Waals surface area contributed by atoms with Crippen LogP contribution in [0, 0.1) is 0 Å². The number of carbonyl (C=O) groups is 1. The number of ketones is 1. The fourth-order valence-electron chi connectivity index (χ4n) is 4.74. The number of morpholine rings is 1. The third-order valence-corrected chi connectivity index (χ3v) is 7.13. The number of Topliss-reactive ketones (excluding diaryl/α,β-unsaturated/α-hetero) is 1. The minimum Gasteiger partial charge on any atom is -0.493 e. The summed E-state index contributed by atoms with van der Waals surface area (Å²) in [5, 5.41) is 7.78. The van der Waals surface area contributed by atoms with E-state index in [-0.39, 0.29) is 11.6 Å². The Labute approximate surface area is 231 Å². The summed E-state index contributed by atoms with van der Waals surface area (Å²) in [6.07, 6.45) is -0.514. The van der Waals surface area contributed by atoms with Crippen molar-refractivity contribution in [2.24, 2.45) is 5.10 Å². The number of carbonyl (C=O) groups excluding carboxylic acids is 1. The zero-order valence-electron chi connectivity index (χ0n) is 21.4. The van der Waals surface area contributed by atoms with Crippen molar-refractivity contribution in [2.75, 3.05) is 55.3 Å². The zero-order chi connectivity index (χ0) is 26.8. The van der Waals surface area contributed by atoms with E-state index in [1.165, 1.54) is 6.92 Å². The quantitative estimate of drug-likeness (QED) is 0.367. The zero-order valence-corrected chi connectivity index (χ0v) is 22.9. The number of ether oxygens (including phenoxy) is 3. The summed E-state index contributed by atoms with van der Waals surface area (Å²) in [5.74, 6) is 1.28. The van der Waals surface area contributed by atoms with Gasteiger partial charge in [0.15, 0.2) is 29.3 Å². The lowest BCUT2D eigenvalue weighted by Gasteiger charge is -2.33. The molecule has 0 bridgehead atoms. The summed E-state index contributed by atoms with van der Waals surface area (Å²) in [6.45, 7) is 4.35. The van der Waals surface area contributed by atoms with Crippen LogP contribution in [0.25, 0.3) is 0 Å². The van der Waals surface area contributed by atoms with E-state index in [2.05, 4.69) is 4.90 Å². The van der Waals surface area contributed by atoms with Gasteiger partial charge in [0.05, 0.1) is 43.8 Å². The van der Waals surface area contributed by atoms with Crippen LogP contribution >= 0.6 is 23.2 Å². The SMILES string of the molecule is COc1ccc([C@H]2N(c3ccc(Cl)cc3)N=C(C(C)=O)N2c2ccc(N3CCOCC3)c(Cl)c2)cc1OC. The van der Waals surface area contributed by atoms with Crippen molar-refractivity contribution in [1.82, 2.24) is 0 Å². The molecule has 0 radical (unpaired) electrons. The average Bonchev–Trinajstić information content (AvgIpc) is 3.34. The van der Waals surface area contributed by atoms with Crippen molar-refractivity contribution in [2.45, 2.75) is 13.1 Å². The van der Waals surface area contributed by atoms with E-state index in [9.17, 15) is 4.79 Å². The standard InChI is InChI=1S/C28H28Cl2N4O4/c1-18(35)27-31-34(21-7-5-20(29)6-8-21)28(19-4-11-25(36-2)26(16-19)37-3)33(27)22-9-10-24(23(30)17-22)32-12-14-38-15-13-32/h4-11,16-17,28H,12-15H2,1-3H3/t28-/m1/s1. The molecule has 0 unspecified atom stereocenters. The van der Waals surface area contributed by atoms with E-state index in [0.717, 1.165) is 35.7 Å². The van der Waals surface area contributed by atoms with Crippen LogP contribution in [0.15, 0.2) is 65.8 Å². The van der Waals surface area contributed by atoms with E-state index < -0.39 is 6.17 Å². The van der Waals surface area contributed by atoms with Crippen molar-refractivity contribution in [3.05, 3.63) is 76.3 Å². The summed E-state index contributed by atoms with van der Waals surface area (Å²) >= 11 is 13.0. The highest BCUT2D eigenvalue weighted by atomic mass is 35.5. The van der Waals surface area contributed by atoms with Crippen LogP contribution in [0.2, 0.25) is 10.0 Å². The van der Waals surface area contributed by atoms with Gasteiger partial charge in [0.2, 0.25) is 0 Å². The van der Waals surface area contributed by atoms with Crippen LogP contribution in [-0.4, -0.2) is 52.1 Å².